The molecule has 0 radical (unpaired) electrons. The summed E-state index contributed by atoms with van der Waals surface area (Å²) in [5.74, 6) is 0. The van der Waals surface area contributed by atoms with Crippen LogP contribution in [-0.4, -0.2) is 101 Å². The average Bonchev–Trinajstić information content (AvgIpc) is 1.57. The van der Waals surface area contributed by atoms with Gasteiger partial charge in [0.05, 0.1) is 0 Å². The Balaban J connectivity index is -0.0000000270. The van der Waals surface area contributed by atoms with Crippen molar-refractivity contribution in [1.29, 1.82) is 0 Å². The molecule has 70 valence electrons. The van der Waals surface area contributed by atoms with Crippen molar-refractivity contribution in [3.63, 3.8) is 0 Å². The van der Waals surface area contributed by atoms with Crippen molar-refractivity contribution in [3.8, 4) is 0 Å². The molecule has 0 aromatic heterocycles. The number of hydrogen-bond donors (Lipinski definition) is 2. The normalized spacial score (nSPS) is 11.2. The first kappa shape index (κ1) is 19.8. The predicted octanol–water partition coefficient (Wildman–Crippen LogP) is -1.77. The summed E-state index contributed by atoms with van der Waals surface area (Å²) in [7, 11) is -10.0. The van der Waals surface area contributed by atoms with Gasteiger partial charge in [0.25, 0.3) is 0 Å². The van der Waals surface area contributed by atoms with E-state index in [-0.39, 0.29) is 81.2 Å². The van der Waals surface area contributed by atoms with Crippen LogP contribution in [0, 0.1) is 0 Å². The Bertz CT molecular complexity index is 264. The molecule has 0 amide bonds. The van der Waals surface area contributed by atoms with Gasteiger partial charge in [-0.15, -0.1) is 0 Å². The molecule has 0 atom stereocenters. The van der Waals surface area contributed by atoms with Gasteiger partial charge in [0.15, 0.2) is 0 Å². The SMILES string of the molecule is O=S(=O)(O)OOS(=O)(=O)O.[Ca+2].[Ca+2].[H-].[H-].[H-].[H-]. The second kappa shape index (κ2) is 7.54. The number of hydrogen-bond acceptors (Lipinski definition) is 6. The first-order valence-electron chi connectivity index (χ1n) is 1.53. The molecule has 0 aromatic rings. The van der Waals surface area contributed by atoms with E-state index in [9.17, 15) is 16.8 Å². The molecule has 0 aliphatic rings. The molecule has 0 spiro atoms. The van der Waals surface area contributed by atoms with E-state index in [4.69, 9.17) is 9.11 Å². The van der Waals surface area contributed by atoms with E-state index in [2.05, 4.69) is 8.67 Å². The van der Waals surface area contributed by atoms with E-state index in [1.54, 1.807) is 0 Å². The minimum Gasteiger partial charge on any atom is -1.00 e. The Hall–Kier alpha value is 2.26. The fourth-order valence-electron chi connectivity index (χ4n) is 0.0702. The van der Waals surface area contributed by atoms with Crippen LogP contribution >= 0.6 is 0 Å². The van der Waals surface area contributed by atoms with Crippen LogP contribution in [0.4, 0.5) is 0 Å². The topological polar surface area (TPSA) is 127 Å². The Morgan fingerprint density at radius 2 is 1.00 bits per heavy atom. The molecule has 0 aromatic carbocycles. The van der Waals surface area contributed by atoms with Crippen LogP contribution in [0.1, 0.15) is 5.71 Å². The van der Waals surface area contributed by atoms with Crippen LogP contribution in [0.3, 0.4) is 0 Å². The largest absolute Gasteiger partial charge is 2.00 e. The molecular formula is H6Ca2O8S2. The average molecular weight is 278 g/mol. The van der Waals surface area contributed by atoms with Crippen LogP contribution in [0.25, 0.3) is 0 Å². The Morgan fingerprint density at radius 3 is 1.08 bits per heavy atom. The van der Waals surface area contributed by atoms with Crippen LogP contribution in [-0.2, 0) is 29.5 Å². The smallest absolute Gasteiger partial charge is 1.00 e. The van der Waals surface area contributed by atoms with E-state index in [1.165, 1.54) is 0 Å². The molecule has 0 saturated heterocycles. The molecule has 0 saturated carbocycles. The first-order chi connectivity index (χ1) is 4.21. The fraction of sp³-hybridized carbons (Fsp3) is 0. The molecule has 0 heterocycles. The van der Waals surface area contributed by atoms with Crippen LogP contribution < -0.4 is 0 Å². The quantitative estimate of drug-likeness (QED) is 0.269. The predicted molar refractivity (Wildman–Crippen MR) is 41.2 cm³/mol. The van der Waals surface area contributed by atoms with Gasteiger partial charge in [-0.1, -0.05) is 8.67 Å². The molecule has 0 rings (SSSR count). The summed E-state index contributed by atoms with van der Waals surface area (Å²) in [5, 5.41) is 0. The van der Waals surface area contributed by atoms with Crippen molar-refractivity contribution in [2.45, 2.75) is 0 Å². The summed E-state index contributed by atoms with van der Waals surface area (Å²) in [6.45, 7) is 0. The van der Waals surface area contributed by atoms with Gasteiger partial charge in [0.1, 0.15) is 0 Å². The monoisotopic (exact) mass is 278 g/mol. The minimum absolute atomic E-state index is 0. The summed E-state index contributed by atoms with van der Waals surface area (Å²) in [6.07, 6.45) is 0. The summed E-state index contributed by atoms with van der Waals surface area (Å²) < 4.78 is 58.9. The third-order valence-corrected chi connectivity index (χ3v) is 0.766. The maximum absolute atomic E-state index is 9.51. The maximum Gasteiger partial charge on any atom is 2.00 e. The second-order valence-electron chi connectivity index (χ2n) is 0.992. The van der Waals surface area contributed by atoms with E-state index < -0.39 is 20.8 Å². The van der Waals surface area contributed by atoms with Crippen LogP contribution in [0.15, 0.2) is 0 Å². The van der Waals surface area contributed by atoms with Crippen molar-refractivity contribution < 1.29 is 40.3 Å². The van der Waals surface area contributed by atoms with Gasteiger partial charge < -0.3 is 5.71 Å². The molecule has 0 aliphatic heterocycles. The zero-order valence-corrected chi connectivity index (χ0v) is 11.6. The van der Waals surface area contributed by atoms with Gasteiger partial charge in [-0.2, -0.15) is 16.8 Å². The zero-order chi connectivity index (χ0) is 8.41. The van der Waals surface area contributed by atoms with Crippen molar-refractivity contribution in [1.82, 2.24) is 0 Å². The molecule has 12 heavy (non-hydrogen) atoms. The van der Waals surface area contributed by atoms with Crippen molar-refractivity contribution in [3.05, 3.63) is 0 Å². The number of rotatable bonds is 3. The Labute approximate surface area is 134 Å². The van der Waals surface area contributed by atoms with E-state index in [0.29, 0.717) is 0 Å². The second-order valence-corrected chi connectivity index (χ2v) is 2.97. The Kier molecular flexibility index (Phi) is 12.4. The van der Waals surface area contributed by atoms with Crippen molar-refractivity contribution in [2.75, 3.05) is 0 Å². The standard InChI is InChI=1S/2Ca.H2O8S2.4H/c;;1-9(2,3)7-8-10(4,5)6;;;;/h;;(H,1,2,3)(H,4,5,6);;;;/q2*+2;;4*-1. The molecule has 2 N–H and O–H groups in total. The third kappa shape index (κ3) is 18.1. The van der Waals surface area contributed by atoms with Gasteiger partial charge in [0, 0.05) is 0 Å². The summed E-state index contributed by atoms with van der Waals surface area (Å²) in [5.41, 5.74) is 0. The zero-order valence-electron chi connectivity index (χ0n) is 9.57. The summed E-state index contributed by atoms with van der Waals surface area (Å²) in [4.78, 5) is 0. The van der Waals surface area contributed by atoms with Crippen molar-refractivity contribution >= 4 is 96.3 Å². The maximum atomic E-state index is 9.51. The van der Waals surface area contributed by atoms with E-state index in [1.807, 2.05) is 0 Å². The Morgan fingerprint density at radius 1 is 0.833 bits per heavy atom. The van der Waals surface area contributed by atoms with Gasteiger partial charge >= 0.3 is 96.3 Å². The molecule has 8 nitrogen and oxygen atoms in total. The molecule has 0 unspecified atom stereocenters. The third-order valence-electron chi connectivity index (χ3n) is 0.200. The van der Waals surface area contributed by atoms with Gasteiger partial charge in [0.2, 0.25) is 0 Å². The molecular weight excluding hydrogens is 272 g/mol. The van der Waals surface area contributed by atoms with Gasteiger partial charge in [-0.25, -0.2) is 0 Å². The summed E-state index contributed by atoms with van der Waals surface area (Å²) >= 11 is 0. The molecule has 0 bridgehead atoms. The minimum atomic E-state index is -5.02. The molecule has 0 aliphatic carbocycles. The fourth-order valence-corrected chi connectivity index (χ4v) is 0.632. The van der Waals surface area contributed by atoms with Crippen molar-refractivity contribution in [2.24, 2.45) is 0 Å². The first-order valence-corrected chi connectivity index (χ1v) is 4.26. The summed E-state index contributed by atoms with van der Waals surface area (Å²) in [6, 6.07) is 0. The van der Waals surface area contributed by atoms with E-state index in [0.717, 1.165) is 0 Å². The van der Waals surface area contributed by atoms with Crippen LogP contribution in [0.5, 0.6) is 0 Å². The van der Waals surface area contributed by atoms with E-state index >= 15 is 0 Å². The van der Waals surface area contributed by atoms with Gasteiger partial charge in [-0.05, 0) is 0 Å². The van der Waals surface area contributed by atoms with Gasteiger partial charge in [-0.3, -0.25) is 9.11 Å². The molecule has 0 fully saturated rings. The van der Waals surface area contributed by atoms with Crippen LogP contribution in [0.2, 0.25) is 0 Å². The molecule has 12 heteroatoms.